The SMILES string of the molecule is Cc1n[nH]c(C)c1CNc1c(Cl)cccc1Cl. The number of halogens is 2. The van der Waals surface area contributed by atoms with Gasteiger partial charge in [-0.2, -0.15) is 5.10 Å². The average molecular weight is 270 g/mol. The molecular weight excluding hydrogens is 257 g/mol. The predicted molar refractivity (Wildman–Crippen MR) is 71.9 cm³/mol. The zero-order chi connectivity index (χ0) is 12.4. The minimum absolute atomic E-state index is 0.622. The van der Waals surface area contributed by atoms with Crippen LogP contribution in [0.15, 0.2) is 18.2 Å². The number of hydrogen-bond donors (Lipinski definition) is 2. The summed E-state index contributed by atoms with van der Waals surface area (Å²) in [6.07, 6.45) is 0. The van der Waals surface area contributed by atoms with E-state index in [1.807, 2.05) is 32.0 Å². The van der Waals surface area contributed by atoms with Crippen LogP contribution in [0.2, 0.25) is 10.0 Å². The molecule has 1 heterocycles. The minimum Gasteiger partial charge on any atom is -0.378 e. The van der Waals surface area contributed by atoms with E-state index >= 15 is 0 Å². The third kappa shape index (κ3) is 2.56. The fraction of sp³-hybridized carbons (Fsp3) is 0.250. The van der Waals surface area contributed by atoms with Gasteiger partial charge in [-0.25, -0.2) is 0 Å². The first-order valence-corrected chi connectivity index (χ1v) is 6.03. The van der Waals surface area contributed by atoms with Gasteiger partial charge in [-0.15, -0.1) is 0 Å². The Labute approximate surface area is 110 Å². The van der Waals surface area contributed by atoms with Crippen molar-refractivity contribution in [2.45, 2.75) is 20.4 Å². The molecule has 0 saturated heterocycles. The number of nitrogens with one attached hydrogen (secondary N) is 2. The molecule has 0 radical (unpaired) electrons. The van der Waals surface area contributed by atoms with Gasteiger partial charge in [0.25, 0.3) is 0 Å². The molecule has 1 aromatic heterocycles. The number of aromatic amines is 1. The van der Waals surface area contributed by atoms with Crippen molar-refractivity contribution in [1.82, 2.24) is 10.2 Å². The molecule has 2 aromatic rings. The van der Waals surface area contributed by atoms with Gasteiger partial charge in [-0.05, 0) is 26.0 Å². The normalized spacial score (nSPS) is 10.6. The minimum atomic E-state index is 0.622. The largest absolute Gasteiger partial charge is 0.378 e. The Morgan fingerprint density at radius 1 is 1.24 bits per heavy atom. The van der Waals surface area contributed by atoms with Crippen molar-refractivity contribution < 1.29 is 0 Å². The van der Waals surface area contributed by atoms with Gasteiger partial charge in [0.1, 0.15) is 0 Å². The summed E-state index contributed by atoms with van der Waals surface area (Å²) in [6.45, 7) is 4.61. The summed E-state index contributed by atoms with van der Waals surface area (Å²) in [5.74, 6) is 0. The van der Waals surface area contributed by atoms with Crippen molar-refractivity contribution in [2.24, 2.45) is 0 Å². The Morgan fingerprint density at radius 3 is 2.41 bits per heavy atom. The van der Waals surface area contributed by atoms with Crippen molar-refractivity contribution in [2.75, 3.05) is 5.32 Å². The predicted octanol–water partition coefficient (Wildman–Crippen LogP) is 3.95. The Bertz CT molecular complexity index is 495. The number of nitrogens with zero attached hydrogens (tertiary/aromatic N) is 1. The van der Waals surface area contributed by atoms with E-state index in [0.29, 0.717) is 16.6 Å². The van der Waals surface area contributed by atoms with Crippen LogP contribution in [0, 0.1) is 13.8 Å². The second kappa shape index (κ2) is 4.98. The highest BCUT2D eigenvalue weighted by atomic mass is 35.5. The van der Waals surface area contributed by atoms with Gasteiger partial charge < -0.3 is 5.32 Å². The number of anilines is 1. The van der Waals surface area contributed by atoms with E-state index in [-0.39, 0.29) is 0 Å². The van der Waals surface area contributed by atoms with Crippen LogP contribution in [0.3, 0.4) is 0 Å². The average Bonchev–Trinajstić information content (AvgIpc) is 2.59. The van der Waals surface area contributed by atoms with E-state index in [1.54, 1.807) is 0 Å². The maximum absolute atomic E-state index is 6.08. The third-order valence-electron chi connectivity index (χ3n) is 2.69. The molecule has 17 heavy (non-hydrogen) atoms. The van der Waals surface area contributed by atoms with Crippen LogP contribution in [0.25, 0.3) is 0 Å². The van der Waals surface area contributed by atoms with Crippen molar-refractivity contribution in [3.63, 3.8) is 0 Å². The van der Waals surface area contributed by atoms with Crippen LogP contribution in [-0.4, -0.2) is 10.2 Å². The highest BCUT2D eigenvalue weighted by Crippen LogP contribution is 2.30. The molecule has 1 aromatic carbocycles. The molecule has 3 nitrogen and oxygen atoms in total. The molecule has 5 heteroatoms. The molecule has 0 fully saturated rings. The van der Waals surface area contributed by atoms with E-state index in [9.17, 15) is 0 Å². The van der Waals surface area contributed by atoms with Crippen LogP contribution < -0.4 is 5.32 Å². The highest BCUT2D eigenvalue weighted by Gasteiger charge is 2.09. The molecular formula is C12H13Cl2N3. The van der Waals surface area contributed by atoms with Gasteiger partial charge in [0.15, 0.2) is 0 Å². The maximum atomic E-state index is 6.08. The first-order chi connectivity index (χ1) is 8.09. The van der Waals surface area contributed by atoms with Gasteiger partial charge in [0.05, 0.1) is 21.4 Å². The molecule has 0 atom stereocenters. The number of para-hydroxylation sites is 1. The molecule has 0 aliphatic rings. The fourth-order valence-electron chi connectivity index (χ4n) is 1.68. The number of hydrogen-bond acceptors (Lipinski definition) is 2. The molecule has 0 spiro atoms. The van der Waals surface area contributed by atoms with E-state index in [2.05, 4.69) is 15.5 Å². The molecule has 0 amide bonds. The molecule has 0 saturated carbocycles. The highest BCUT2D eigenvalue weighted by molar-refractivity contribution is 6.39. The Kier molecular flexibility index (Phi) is 3.60. The lowest BCUT2D eigenvalue weighted by Gasteiger charge is -2.10. The molecule has 2 N–H and O–H groups in total. The van der Waals surface area contributed by atoms with E-state index in [1.165, 1.54) is 0 Å². The lowest BCUT2D eigenvalue weighted by molar-refractivity contribution is 1.02. The lowest BCUT2D eigenvalue weighted by Crippen LogP contribution is -2.02. The maximum Gasteiger partial charge on any atom is 0.0721 e. The van der Waals surface area contributed by atoms with Crippen molar-refractivity contribution in [1.29, 1.82) is 0 Å². The number of rotatable bonds is 3. The lowest BCUT2D eigenvalue weighted by atomic mass is 10.2. The number of aromatic nitrogens is 2. The summed E-state index contributed by atoms with van der Waals surface area (Å²) in [5, 5.41) is 11.6. The van der Waals surface area contributed by atoms with Crippen LogP contribution in [0.5, 0.6) is 0 Å². The summed E-state index contributed by atoms with van der Waals surface area (Å²) < 4.78 is 0. The Morgan fingerprint density at radius 2 is 1.88 bits per heavy atom. The van der Waals surface area contributed by atoms with Gasteiger partial charge in [-0.3, -0.25) is 5.10 Å². The molecule has 0 aliphatic carbocycles. The van der Waals surface area contributed by atoms with Crippen LogP contribution in [0.1, 0.15) is 17.0 Å². The zero-order valence-electron chi connectivity index (χ0n) is 9.64. The van der Waals surface area contributed by atoms with Crippen LogP contribution >= 0.6 is 23.2 Å². The topological polar surface area (TPSA) is 40.7 Å². The fourth-order valence-corrected chi connectivity index (χ4v) is 2.21. The van der Waals surface area contributed by atoms with E-state index in [4.69, 9.17) is 23.2 Å². The van der Waals surface area contributed by atoms with Crippen molar-refractivity contribution in [3.8, 4) is 0 Å². The monoisotopic (exact) mass is 269 g/mol. The number of H-pyrrole nitrogens is 1. The number of aryl methyl sites for hydroxylation is 2. The Balaban J connectivity index is 2.18. The third-order valence-corrected chi connectivity index (χ3v) is 3.32. The molecule has 90 valence electrons. The molecule has 0 unspecified atom stereocenters. The smallest absolute Gasteiger partial charge is 0.0721 e. The molecule has 0 aliphatic heterocycles. The quantitative estimate of drug-likeness (QED) is 0.886. The van der Waals surface area contributed by atoms with Gasteiger partial charge >= 0.3 is 0 Å². The van der Waals surface area contributed by atoms with Crippen molar-refractivity contribution >= 4 is 28.9 Å². The zero-order valence-corrected chi connectivity index (χ0v) is 11.2. The van der Waals surface area contributed by atoms with Gasteiger partial charge in [-0.1, -0.05) is 29.3 Å². The van der Waals surface area contributed by atoms with Gasteiger partial charge in [0, 0.05) is 17.8 Å². The van der Waals surface area contributed by atoms with Crippen LogP contribution in [0.4, 0.5) is 5.69 Å². The van der Waals surface area contributed by atoms with E-state index in [0.717, 1.165) is 22.6 Å². The molecule has 0 bridgehead atoms. The van der Waals surface area contributed by atoms with Crippen molar-refractivity contribution in [3.05, 3.63) is 45.2 Å². The second-order valence-electron chi connectivity index (χ2n) is 3.86. The summed E-state index contributed by atoms with van der Waals surface area (Å²) in [4.78, 5) is 0. The standard InChI is InChI=1S/C12H13Cl2N3/c1-7-9(8(2)17-16-7)6-15-12-10(13)4-3-5-11(12)14/h3-5,15H,6H2,1-2H3,(H,16,17). The first kappa shape index (κ1) is 12.3. The summed E-state index contributed by atoms with van der Waals surface area (Å²) in [7, 11) is 0. The molecule has 2 rings (SSSR count). The first-order valence-electron chi connectivity index (χ1n) is 5.28. The number of benzene rings is 1. The summed E-state index contributed by atoms with van der Waals surface area (Å²) in [5.41, 5.74) is 3.94. The summed E-state index contributed by atoms with van der Waals surface area (Å²) in [6, 6.07) is 5.44. The van der Waals surface area contributed by atoms with Crippen LogP contribution in [-0.2, 0) is 6.54 Å². The van der Waals surface area contributed by atoms with E-state index < -0.39 is 0 Å². The second-order valence-corrected chi connectivity index (χ2v) is 4.68. The summed E-state index contributed by atoms with van der Waals surface area (Å²) >= 11 is 12.2. The Hall–Kier alpha value is -1.19. The van der Waals surface area contributed by atoms with Gasteiger partial charge in [0.2, 0.25) is 0 Å².